The first-order valence-corrected chi connectivity index (χ1v) is 18.6. The number of carbonyl (C=O) groups excluding carboxylic acids is 2. The van der Waals surface area contributed by atoms with Crippen LogP contribution in [0.2, 0.25) is 0 Å². The fourth-order valence-corrected chi connectivity index (χ4v) is 8.89. The average Bonchev–Trinajstić information content (AvgIpc) is 3.17. The highest BCUT2D eigenvalue weighted by Gasteiger charge is 2.48. The summed E-state index contributed by atoms with van der Waals surface area (Å²) >= 11 is 0. The van der Waals surface area contributed by atoms with Gasteiger partial charge in [0.25, 0.3) is 0 Å². The van der Waals surface area contributed by atoms with E-state index in [1.807, 2.05) is 68.7 Å². The summed E-state index contributed by atoms with van der Waals surface area (Å²) in [4.78, 5) is 25.2. The zero-order chi connectivity index (χ0) is 39.4. The van der Waals surface area contributed by atoms with Crippen LogP contribution in [-0.4, -0.2) is 86.6 Å². The maximum absolute atomic E-state index is 12.7. The topological polar surface area (TPSA) is 147 Å². The molecule has 4 aliphatic heterocycles. The monoisotopic (exact) mass is 752 g/mol. The zero-order valence-electron chi connectivity index (χ0n) is 32.3. The number of hydrogen-bond donors (Lipinski definition) is 1. The van der Waals surface area contributed by atoms with Gasteiger partial charge in [0, 0.05) is 31.2 Å². The summed E-state index contributed by atoms with van der Waals surface area (Å²) in [5.74, 6) is 0.0886. The third kappa shape index (κ3) is 6.46. The van der Waals surface area contributed by atoms with Crippen molar-refractivity contribution in [1.29, 1.82) is 0 Å². The molecule has 55 heavy (non-hydrogen) atoms. The van der Waals surface area contributed by atoms with E-state index in [1.54, 1.807) is 34.1 Å². The Labute approximate surface area is 321 Å². The van der Waals surface area contributed by atoms with Crippen LogP contribution in [0.3, 0.4) is 0 Å². The van der Waals surface area contributed by atoms with E-state index in [1.165, 1.54) is 7.11 Å². The maximum Gasteiger partial charge on any atom is 0.201 e. The lowest BCUT2D eigenvalue weighted by Gasteiger charge is -2.50. The van der Waals surface area contributed by atoms with Crippen LogP contribution >= 0.6 is 0 Å². The first kappa shape index (κ1) is 37.8. The highest BCUT2D eigenvalue weighted by atomic mass is 16.5. The van der Waals surface area contributed by atoms with Crippen molar-refractivity contribution in [2.45, 2.75) is 63.7 Å². The molecule has 6 bridgehead atoms. The summed E-state index contributed by atoms with van der Waals surface area (Å²) in [5, 5.41) is 37.2. The number of methoxy groups -OCH3 is 3. The fraction of sp³-hybridized carbons (Fsp3) is 0.395. The van der Waals surface area contributed by atoms with Crippen LogP contribution in [0.5, 0.6) is 46.0 Å². The normalized spacial score (nSPS) is 23.8. The molecule has 290 valence electrons. The second kappa shape index (κ2) is 14.3. The Morgan fingerprint density at radius 3 is 1.87 bits per heavy atom. The van der Waals surface area contributed by atoms with Gasteiger partial charge < -0.3 is 57.6 Å². The number of carboxylic acid groups (broad SMARTS) is 2. The number of fused-ring (bicyclic) bond motifs is 2. The Bertz CT molecular complexity index is 2150. The fourth-order valence-electron chi connectivity index (χ4n) is 8.89. The molecule has 4 heterocycles. The molecule has 0 saturated carbocycles. The summed E-state index contributed by atoms with van der Waals surface area (Å²) in [7, 11) is 8.44. The molecule has 1 N–H and O–H groups in total. The van der Waals surface area contributed by atoms with Crippen molar-refractivity contribution in [3.05, 3.63) is 94.0 Å². The van der Waals surface area contributed by atoms with Crippen LogP contribution in [0, 0.1) is 0 Å². The van der Waals surface area contributed by atoms with Crippen LogP contribution in [0.1, 0.15) is 59.3 Å². The quantitative estimate of drug-likeness (QED) is 0.273. The Balaban J connectivity index is 1.52. The molecule has 12 nitrogen and oxygen atoms in total. The van der Waals surface area contributed by atoms with Gasteiger partial charge in [0.05, 0.1) is 66.0 Å². The van der Waals surface area contributed by atoms with Gasteiger partial charge in [-0.15, -0.1) is 0 Å². The molecule has 0 amide bonds. The number of hydrogen-bond acceptors (Lipinski definition) is 10. The predicted octanol–water partition coefficient (Wildman–Crippen LogP) is 4.17. The molecule has 8 rings (SSSR count). The first-order chi connectivity index (χ1) is 26.2. The molecule has 0 aromatic heterocycles. The molecule has 4 aromatic rings. The van der Waals surface area contributed by atoms with Gasteiger partial charge in [0.1, 0.15) is 29.9 Å². The number of aliphatic carboxylic acids is 2. The Kier molecular flexibility index (Phi) is 9.85. The van der Waals surface area contributed by atoms with E-state index in [2.05, 4.69) is 0 Å². The minimum absolute atomic E-state index is 0.0570. The standard InChI is InChI=1S/C43H48N2O10/c1-24(42(47)48)44(3)16-14-28-21-35(52-6)37-23-31(28)32(44)18-26-8-11-30(12-9-26)54-36-20-27(10-13-34(36)51-5)19-33-39-29(15-17-45(33,4)25(2)43(49)50)22-38(53-7)40(46)41(39)55-37/h8-13,20-25,32-33H,14-19H2,1-7H3,(H-2,46,47,48,49,50). The van der Waals surface area contributed by atoms with Crippen LogP contribution in [0.4, 0.5) is 0 Å². The van der Waals surface area contributed by atoms with Crippen molar-refractivity contribution >= 4 is 11.9 Å². The summed E-state index contributed by atoms with van der Waals surface area (Å²) in [5.41, 5.74) is 5.18. The molecular weight excluding hydrogens is 704 g/mol. The summed E-state index contributed by atoms with van der Waals surface area (Å²) < 4.78 is 30.9. The number of phenols is 1. The van der Waals surface area contributed by atoms with Crippen molar-refractivity contribution in [1.82, 2.24) is 0 Å². The minimum Gasteiger partial charge on any atom is -0.544 e. The third-order valence-electron chi connectivity index (χ3n) is 12.7. The van der Waals surface area contributed by atoms with E-state index in [9.17, 15) is 24.9 Å². The molecule has 6 unspecified atom stereocenters. The summed E-state index contributed by atoms with van der Waals surface area (Å²) in [6.07, 6.45) is 1.88. The van der Waals surface area contributed by atoms with Crippen molar-refractivity contribution in [3.8, 4) is 46.0 Å². The van der Waals surface area contributed by atoms with Gasteiger partial charge in [-0.3, -0.25) is 0 Å². The van der Waals surface area contributed by atoms with Crippen molar-refractivity contribution in [2.24, 2.45) is 0 Å². The molecule has 6 atom stereocenters. The van der Waals surface area contributed by atoms with Crippen molar-refractivity contribution < 1.29 is 57.6 Å². The van der Waals surface area contributed by atoms with E-state index in [-0.39, 0.29) is 32.3 Å². The number of benzene rings is 4. The summed E-state index contributed by atoms with van der Waals surface area (Å²) in [6.45, 7) is 4.35. The van der Waals surface area contributed by atoms with Crippen LogP contribution < -0.4 is 33.9 Å². The molecule has 0 saturated heterocycles. The predicted molar refractivity (Wildman–Crippen MR) is 199 cm³/mol. The van der Waals surface area contributed by atoms with E-state index >= 15 is 0 Å². The van der Waals surface area contributed by atoms with Crippen molar-refractivity contribution in [3.63, 3.8) is 0 Å². The molecule has 4 aromatic carbocycles. The largest absolute Gasteiger partial charge is 0.544 e. The number of carboxylic acids is 2. The van der Waals surface area contributed by atoms with E-state index < -0.39 is 30.1 Å². The van der Waals surface area contributed by atoms with Gasteiger partial charge >= 0.3 is 0 Å². The molecular formula is C43H48N2O10. The van der Waals surface area contributed by atoms with Crippen LogP contribution in [0.15, 0.2) is 60.7 Å². The van der Waals surface area contributed by atoms with Gasteiger partial charge in [-0.05, 0) is 78.6 Å². The number of likely N-dealkylation sites (N-methyl/N-ethyl adjacent to an activating group) is 2. The third-order valence-corrected chi connectivity index (χ3v) is 12.7. The van der Waals surface area contributed by atoms with Crippen molar-refractivity contribution in [2.75, 3.05) is 48.5 Å². The van der Waals surface area contributed by atoms with Gasteiger partial charge in [0.15, 0.2) is 34.5 Å². The molecule has 0 radical (unpaired) electrons. The molecule has 0 aliphatic carbocycles. The van der Waals surface area contributed by atoms with Gasteiger partial charge in [-0.2, -0.15) is 0 Å². The van der Waals surface area contributed by atoms with Gasteiger partial charge in [-0.25, -0.2) is 0 Å². The smallest absolute Gasteiger partial charge is 0.201 e. The second-order valence-corrected chi connectivity index (χ2v) is 15.4. The maximum atomic E-state index is 12.7. The highest BCUT2D eigenvalue weighted by Crippen LogP contribution is 2.54. The highest BCUT2D eigenvalue weighted by molar-refractivity contribution is 5.70. The SMILES string of the molecule is COc1ccc2cc1Oc1ccc(cc1)CC1c3cc(c(OC)cc3CC[N+]1(C)C(C)C(=O)[O-])Oc1c(O)c(OC)cc3c1C(C2)[N+](C)(C(C)C(=O)[O-])CC3. The lowest BCUT2D eigenvalue weighted by molar-refractivity contribution is -0.956. The molecule has 4 aliphatic rings. The Morgan fingerprint density at radius 1 is 0.709 bits per heavy atom. The molecule has 12 heteroatoms. The Hall–Kier alpha value is -5.46. The number of rotatable bonds is 7. The number of nitrogens with zero attached hydrogens (tertiary/aromatic N) is 2. The number of quaternary nitrogens is 2. The second-order valence-electron chi connectivity index (χ2n) is 15.4. The average molecular weight is 753 g/mol. The molecule has 0 spiro atoms. The van der Waals surface area contributed by atoms with E-state index in [0.29, 0.717) is 73.1 Å². The van der Waals surface area contributed by atoms with E-state index in [0.717, 1.165) is 27.8 Å². The van der Waals surface area contributed by atoms with Gasteiger partial charge in [0.2, 0.25) is 5.75 Å². The minimum atomic E-state index is -1.19. The number of aromatic hydroxyl groups is 1. The number of carbonyl (C=O) groups is 2. The lowest BCUT2D eigenvalue weighted by Crippen LogP contribution is -2.62. The summed E-state index contributed by atoms with van der Waals surface area (Å²) in [6, 6.07) is 16.3. The number of phenolic OH excluding ortho intramolecular Hbond substituents is 1. The Morgan fingerprint density at radius 2 is 1.25 bits per heavy atom. The number of ether oxygens (including phenoxy) is 5. The van der Waals surface area contributed by atoms with Crippen LogP contribution in [0.25, 0.3) is 0 Å². The first-order valence-electron chi connectivity index (χ1n) is 18.6. The zero-order valence-corrected chi connectivity index (χ0v) is 32.3. The molecule has 0 fully saturated rings. The lowest BCUT2D eigenvalue weighted by atomic mass is 9.84. The van der Waals surface area contributed by atoms with E-state index in [4.69, 9.17) is 23.7 Å². The van der Waals surface area contributed by atoms with Crippen LogP contribution in [-0.2, 0) is 35.3 Å². The van der Waals surface area contributed by atoms with Gasteiger partial charge in [-0.1, -0.05) is 18.2 Å².